The standard InChI is InChI=1S/C22H20ClN3O2/c23-16-11-9-14(10-12-16)20-13-18(17-7-3-4-8-19(17)24-20)22(28)26-25-21(27)15-5-1-2-6-15/h3-4,7-13,15H,1-2,5-6H2,(H,25,27)(H,26,28). The number of hydrazine groups is 1. The predicted octanol–water partition coefficient (Wildman–Crippen LogP) is 4.51. The van der Waals surface area contributed by atoms with Crippen molar-refractivity contribution in [2.45, 2.75) is 25.7 Å². The third-order valence-corrected chi connectivity index (χ3v) is 5.38. The molecule has 0 unspecified atom stereocenters. The van der Waals surface area contributed by atoms with Crippen LogP contribution in [-0.4, -0.2) is 16.8 Å². The minimum Gasteiger partial charge on any atom is -0.273 e. The summed E-state index contributed by atoms with van der Waals surface area (Å²) in [6.45, 7) is 0. The van der Waals surface area contributed by atoms with Gasteiger partial charge in [0.2, 0.25) is 5.91 Å². The van der Waals surface area contributed by atoms with E-state index in [0.717, 1.165) is 36.6 Å². The molecule has 2 N–H and O–H groups in total. The summed E-state index contributed by atoms with van der Waals surface area (Å²) in [6, 6.07) is 16.5. The summed E-state index contributed by atoms with van der Waals surface area (Å²) in [6.07, 6.45) is 3.87. The van der Waals surface area contributed by atoms with Crippen LogP contribution in [0.4, 0.5) is 0 Å². The lowest BCUT2D eigenvalue weighted by Crippen LogP contribution is -2.44. The van der Waals surface area contributed by atoms with Crippen molar-refractivity contribution in [3.8, 4) is 11.3 Å². The second-order valence-corrected chi connectivity index (χ2v) is 7.44. The molecule has 2 aromatic carbocycles. The Kier molecular flexibility index (Phi) is 5.26. The molecule has 0 atom stereocenters. The highest BCUT2D eigenvalue weighted by molar-refractivity contribution is 6.30. The lowest BCUT2D eigenvalue weighted by molar-refractivity contribution is -0.125. The van der Waals surface area contributed by atoms with Crippen molar-refractivity contribution >= 4 is 34.3 Å². The van der Waals surface area contributed by atoms with Crippen molar-refractivity contribution < 1.29 is 9.59 Å². The number of rotatable bonds is 3. The Bertz CT molecular complexity index is 1030. The van der Waals surface area contributed by atoms with Crippen LogP contribution in [0.15, 0.2) is 54.6 Å². The number of nitrogens with one attached hydrogen (secondary N) is 2. The lowest BCUT2D eigenvalue weighted by Gasteiger charge is -2.13. The molecule has 28 heavy (non-hydrogen) atoms. The van der Waals surface area contributed by atoms with E-state index < -0.39 is 0 Å². The Labute approximate surface area is 168 Å². The third kappa shape index (κ3) is 3.85. The molecule has 0 radical (unpaired) electrons. The quantitative estimate of drug-likeness (QED) is 0.643. The van der Waals surface area contributed by atoms with E-state index in [9.17, 15) is 9.59 Å². The van der Waals surface area contributed by atoms with Crippen molar-refractivity contribution in [1.82, 2.24) is 15.8 Å². The van der Waals surface area contributed by atoms with E-state index in [0.29, 0.717) is 21.8 Å². The first-order chi connectivity index (χ1) is 13.6. The normalized spacial score (nSPS) is 14.2. The highest BCUT2D eigenvalue weighted by Crippen LogP contribution is 2.26. The molecular weight excluding hydrogens is 374 g/mol. The molecule has 0 aliphatic heterocycles. The molecule has 1 aliphatic rings. The number of halogens is 1. The number of benzene rings is 2. The van der Waals surface area contributed by atoms with Crippen LogP contribution in [0.25, 0.3) is 22.2 Å². The monoisotopic (exact) mass is 393 g/mol. The average Bonchev–Trinajstić information content (AvgIpc) is 3.26. The fourth-order valence-corrected chi connectivity index (χ4v) is 3.73. The van der Waals surface area contributed by atoms with Crippen molar-refractivity contribution in [1.29, 1.82) is 0 Å². The van der Waals surface area contributed by atoms with E-state index >= 15 is 0 Å². The zero-order valence-electron chi connectivity index (χ0n) is 15.2. The number of pyridine rings is 1. The summed E-state index contributed by atoms with van der Waals surface area (Å²) >= 11 is 5.98. The van der Waals surface area contributed by atoms with Gasteiger partial charge in [0.15, 0.2) is 0 Å². The van der Waals surface area contributed by atoms with Crippen LogP contribution in [0.3, 0.4) is 0 Å². The SMILES string of the molecule is O=C(NNC(=O)C1CCCC1)c1cc(-c2ccc(Cl)cc2)nc2ccccc12. The summed E-state index contributed by atoms with van der Waals surface area (Å²) in [7, 11) is 0. The first-order valence-electron chi connectivity index (χ1n) is 9.38. The highest BCUT2D eigenvalue weighted by atomic mass is 35.5. The number of aromatic nitrogens is 1. The maximum atomic E-state index is 12.8. The predicted molar refractivity (Wildman–Crippen MR) is 110 cm³/mol. The van der Waals surface area contributed by atoms with E-state index in [4.69, 9.17) is 11.6 Å². The molecule has 0 saturated heterocycles. The maximum absolute atomic E-state index is 12.8. The van der Waals surface area contributed by atoms with E-state index in [-0.39, 0.29) is 17.7 Å². The van der Waals surface area contributed by atoms with Crippen molar-refractivity contribution in [3.05, 3.63) is 65.2 Å². The highest BCUT2D eigenvalue weighted by Gasteiger charge is 2.23. The molecular formula is C22H20ClN3O2. The van der Waals surface area contributed by atoms with Gasteiger partial charge in [0.05, 0.1) is 16.8 Å². The number of carbonyl (C=O) groups is 2. The molecule has 4 rings (SSSR count). The zero-order chi connectivity index (χ0) is 19.5. The van der Waals surface area contributed by atoms with E-state index in [2.05, 4.69) is 15.8 Å². The van der Waals surface area contributed by atoms with E-state index in [1.807, 2.05) is 36.4 Å². The van der Waals surface area contributed by atoms with Crippen LogP contribution in [0.1, 0.15) is 36.0 Å². The first kappa shape index (κ1) is 18.4. The third-order valence-electron chi connectivity index (χ3n) is 5.13. The van der Waals surface area contributed by atoms with Gasteiger partial charge in [-0.2, -0.15) is 0 Å². The lowest BCUT2D eigenvalue weighted by atomic mass is 10.0. The molecule has 1 fully saturated rings. The Morgan fingerprint density at radius 3 is 2.43 bits per heavy atom. The second-order valence-electron chi connectivity index (χ2n) is 7.00. The van der Waals surface area contributed by atoms with Crippen molar-refractivity contribution in [3.63, 3.8) is 0 Å². The smallest absolute Gasteiger partial charge is 0.270 e. The topological polar surface area (TPSA) is 71.1 Å². The summed E-state index contributed by atoms with van der Waals surface area (Å²) in [5, 5.41) is 1.37. The van der Waals surface area contributed by atoms with Gasteiger partial charge in [-0.05, 0) is 37.1 Å². The summed E-state index contributed by atoms with van der Waals surface area (Å²) in [5.74, 6) is -0.499. The molecule has 1 heterocycles. The van der Waals surface area contributed by atoms with Gasteiger partial charge in [-0.15, -0.1) is 0 Å². The van der Waals surface area contributed by atoms with Crippen LogP contribution >= 0.6 is 11.6 Å². The second kappa shape index (κ2) is 7.98. The zero-order valence-corrected chi connectivity index (χ0v) is 16.0. The number of hydrogen-bond donors (Lipinski definition) is 2. The van der Waals surface area contributed by atoms with Gasteiger partial charge in [-0.3, -0.25) is 20.4 Å². The number of para-hydroxylation sites is 1. The van der Waals surface area contributed by atoms with Crippen LogP contribution in [0, 0.1) is 5.92 Å². The first-order valence-corrected chi connectivity index (χ1v) is 9.75. The van der Waals surface area contributed by atoms with Crippen molar-refractivity contribution in [2.75, 3.05) is 0 Å². The number of fused-ring (bicyclic) bond motifs is 1. The van der Waals surface area contributed by atoms with Gasteiger partial charge in [0.1, 0.15) is 0 Å². The fraction of sp³-hybridized carbons (Fsp3) is 0.227. The summed E-state index contributed by atoms with van der Waals surface area (Å²) in [5.41, 5.74) is 7.85. The molecule has 1 saturated carbocycles. The molecule has 1 aromatic heterocycles. The summed E-state index contributed by atoms with van der Waals surface area (Å²) in [4.78, 5) is 29.7. The van der Waals surface area contributed by atoms with Gasteiger partial charge in [-0.25, -0.2) is 4.98 Å². The van der Waals surface area contributed by atoms with Gasteiger partial charge in [0.25, 0.3) is 5.91 Å². The van der Waals surface area contributed by atoms with E-state index in [1.54, 1.807) is 18.2 Å². The van der Waals surface area contributed by atoms with Gasteiger partial charge in [0, 0.05) is 21.9 Å². The summed E-state index contributed by atoms with van der Waals surface area (Å²) < 4.78 is 0. The molecule has 142 valence electrons. The van der Waals surface area contributed by atoms with Crippen LogP contribution in [0.5, 0.6) is 0 Å². The maximum Gasteiger partial charge on any atom is 0.270 e. The molecule has 0 bridgehead atoms. The Morgan fingerprint density at radius 2 is 1.68 bits per heavy atom. The largest absolute Gasteiger partial charge is 0.273 e. The molecule has 6 heteroatoms. The number of hydrogen-bond acceptors (Lipinski definition) is 3. The molecule has 5 nitrogen and oxygen atoms in total. The van der Waals surface area contributed by atoms with Gasteiger partial charge in [-0.1, -0.05) is 54.8 Å². The Morgan fingerprint density at radius 1 is 0.964 bits per heavy atom. The number of amides is 2. The minimum atomic E-state index is -0.361. The van der Waals surface area contributed by atoms with E-state index in [1.165, 1.54) is 0 Å². The molecule has 3 aromatic rings. The fourth-order valence-electron chi connectivity index (χ4n) is 3.61. The van der Waals surface area contributed by atoms with Crippen LogP contribution in [0.2, 0.25) is 5.02 Å². The number of carbonyl (C=O) groups excluding carboxylic acids is 2. The average molecular weight is 394 g/mol. The van der Waals surface area contributed by atoms with Crippen molar-refractivity contribution in [2.24, 2.45) is 5.92 Å². The Balaban J connectivity index is 1.63. The minimum absolute atomic E-state index is 0.0147. The Hall–Kier alpha value is -2.92. The molecule has 1 aliphatic carbocycles. The van der Waals surface area contributed by atoms with Gasteiger partial charge < -0.3 is 0 Å². The van der Waals surface area contributed by atoms with Gasteiger partial charge >= 0.3 is 0 Å². The van der Waals surface area contributed by atoms with Crippen LogP contribution < -0.4 is 10.9 Å². The number of nitrogens with zero attached hydrogens (tertiary/aromatic N) is 1. The molecule has 2 amide bonds. The molecule has 0 spiro atoms. The van der Waals surface area contributed by atoms with Crippen LogP contribution in [-0.2, 0) is 4.79 Å².